The van der Waals surface area contributed by atoms with Crippen molar-refractivity contribution in [1.29, 1.82) is 0 Å². The largest absolute Gasteiger partial charge is 0.465 e. The summed E-state index contributed by atoms with van der Waals surface area (Å²) in [4.78, 5) is 25.0. The lowest BCUT2D eigenvalue weighted by Gasteiger charge is -2.37. The first kappa shape index (κ1) is 17.5. The molecule has 1 aromatic rings. The summed E-state index contributed by atoms with van der Waals surface area (Å²) in [5.74, 6) is -1.51. The average Bonchev–Trinajstić information content (AvgIpc) is 2.51. The second-order valence-electron chi connectivity index (χ2n) is 6.52. The van der Waals surface area contributed by atoms with Crippen LogP contribution in [0.4, 0.5) is 0 Å². The number of carbonyl (C=O) groups is 2. The lowest BCUT2D eigenvalue weighted by atomic mass is 9.80. The van der Waals surface area contributed by atoms with Crippen molar-refractivity contribution >= 4 is 27.9 Å². The topological polar surface area (TPSA) is 87.9 Å². The lowest BCUT2D eigenvalue weighted by molar-refractivity contribution is -0.155. The van der Waals surface area contributed by atoms with Crippen molar-refractivity contribution in [3.63, 3.8) is 0 Å². The van der Waals surface area contributed by atoms with Crippen LogP contribution < -0.4 is 5.73 Å². The highest BCUT2D eigenvalue weighted by atomic mass is 79.9. The summed E-state index contributed by atoms with van der Waals surface area (Å²) in [5, 5.41) is 0. The number of halogens is 1. The highest BCUT2D eigenvalue weighted by Crippen LogP contribution is 2.45. The molecule has 0 saturated heterocycles. The number of methoxy groups -OCH3 is 1. The quantitative estimate of drug-likeness (QED) is 0.758. The number of hydrogen-bond donors (Lipinski definition) is 1. The summed E-state index contributed by atoms with van der Waals surface area (Å²) in [6, 6.07) is 7.31. The third-order valence-electron chi connectivity index (χ3n) is 4.14. The number of carbonyl (C=O) groups excluding carboxylic acids is 2. The standard InChI is InChI=1S/C18H18BrNO5/c1-18(2)8-11-13(17(22)25-18)12(9-5-4-6-10(19)7-9)14(15(20)24-11)16(21)23-3/h4-7,12H,8,20H2,1-3H3. The van der Waals surface area contributed by atoms with Gasteiger partial charge in [0.2, 0.25) is 5.88 Å². The Morgan fingerprint density at radius 1 is 1.40 bits per heavy atom. The summed E-state index contributed by atoms with van der Waals surface area (Å²) in [5.41, 5.74) is 6.40. The fraction of sp³-hybridized carbons (Fsp3) is 0.333. The van der Waals surface area contributed by atoms with E-state index in [1.807, 2.05) is 24.3 Å². The van der Waals surface area contributed by atoms with Gasteiger partial charge >= 0.3 is 11.9 Å². The molecule has 6 nitrogen and oxygen atoms in total. The monoisotopic (exact) mass is 407 g/mol. The molecule has 0 saturated carbocycles. The van der Waals surface area contributed by atoms with Crippen molar-refractivity contribution in [3.8, 4) is 0 Å². The minimum absolute atomic E-state index is 0.0546. The first-order valence-corrected chi connectivity index (χ1v) is 8.50. The molecule has 0 aromatic heterocycles. The first-order chi connectivity index (χ1) is 11.7. The van der Waals surface area contributed by atoms with Crippen molar-refractivity contribution in [2.45, 2.75) is 31.8 Å². The van der Waals surface area contributed by atoms with Crippen LogP contribution in [0.2, 0.25) is 0 Å². The van der Waals surface area contributed by atoms with Gasteiger partial charge in [-0.25, -0.2) is 9.59 Å². The van der Waals surface area contributed by atoms with Crippen LogP contribution in [0.5, 0.6) is 0 Å². The van der Waals surface area contributed by atoms with Crippen LogP contribution in [0.1, 0.15) is 31.7 Å². The van der Waals surface area contributed by atoms with E-state index in [1.54, 1.807) is 13.8 Å². The molecule has 132 valence electrons. The Hall–Kier alpha value is -2.28. The summed E-state index contributed by atoms with van der Waals surface area (Å²) >= 11 is 3.41. The minimum atomic E-state index is -0.711. The number of cyclic esters (lactones) is 1. The molecular formula is C18H18BrNO5. The number of nitrogens with two attached hydrogens (primary N) is 1. The van der Waals surface area contributed by atoms with Crippen LogP contribution >= 0.6 is 15.9 Å². The van der Waals surface area contributed by atoms with Crippen LogP contribution in [0.3, 0.4) is 0 Å². The van der Waals surface area contributed by atoms with Crippen LogP contribution in [0, 0.1) is 0 Å². The van der Waals surface area contributed by atoms with Gasteiger partial charge in [0.25, 0.3) is 0 Å². The Labute approximate surface area is 153 Å². The van der Waals surface area contributed by atoms with E-state index in [0.717, 1.165) is 4.47 Å². The van der Waals surface area contributed by atoms with Crippen LogP contribution in [0.15, 0.2) is 51.5 Å². The van der Waals surface area contributed by atoms with Gasteiger partial charge in [-0.05, 0) is 31.5 Å². The van der Waals surface area contributed by atoms with Crippen molar-refractivity contribution in [2.75, 3.05) is 7.11 Å². The van der Waals surface area contributed by atoms with Gasteiger partial charge in [0.15, 0.2) is 0 Å². The Kier molecular flexibility index (Phi) is 4.36. The molecule has 25 heavy (non-hydrogen) atoms. The second kappa shape index (κ2) is 6.22. The predicted octanol–water partition coefficient (Wildman–Crippen LogP) is 2.89. The lowest BCUT2D eigenvalue weighted by Crippen LogP contribution is -2.40. The molecule has 0 radical (unpaired) electrons. The molecule has 2 N–H and O–H groups in total. The summed E-state index contributed by atoms with van der Waals surface area (Å²) in [6.45, 7) is 3.59. The molecule has 0 fully saturated rings. The van der Waals surface area contributed by atoms with Gasteiger partial charge in [0.05, 0.1) is 18.6 Å². The van der Waals surface area contributed by atoms with E-state index in [4.69, 9.17) is 19.9 Å². The van der Waals surface area contributed by atoms with Gasteiger partial charge in [-0.1, -0.05) is 28.1 Å². The number of rotatable bonds is 2. The van der Waals surface area contributed by atoms with Crippen molar-refractivity contribution in [2.24, 2.45) is 5.73 Å². The zero-order valence-corrected chi connectivity index (χ0v) is 15.7. The molecule has 3 rings (SSSR count). The minimum Gasteiger partial charge on any atom is -0.465 e. The van der Waals surface area contributed by atoms with Crippen molar-refractivity contribution < 1.29 is 23.8 Å². The van der Waals surface area contributed by atoms with E-state index in [2.05, 4.69) is 15.9 Å². The van der Waals surface area contributed by atoms with Gasteiger partial charge < -0.3 is 19.9 Å². The van der Waals surface area contributed by atoms with Crippen molar-refractivity contribution in [3.05, 3.63) is 57.1 Å². The molecule has 2 heterocycles. The highest BCUT2D eigenvalue weighted by Gasteiger charge is 2.46. The smallest absolute Gasteiger partial charge is 0.340 e. The van der Waals surface area contributed by atoms with E-state index < -0.39 is 23.5 Å². The molecule has 1 atom stereocenters. The second-order valence-corrected chi connectivity index (χ2v) is 7.44. The van der Waals surface area contributed by atoms with Gasteiger partial charge in [0.1, 0.15) is 16.9 Å². The van der Waals surface area contributed by atoms with Crippen molar-refractivity contribution in [1.82, 2.24) is 0 Å². The van der Waals surface area contributed by atoms with Gasteiger partial charge in [-0.15, -0.1) is 0 Å². The fourth-order valence-corrected chi connectivity index (χ4v) is 3.55. The number of ether oxygens (including phenoxy) is 3. The maximum atomic E-state index is 12.7. The number of hydrogen-bond acceptors (Lipinski definition) is 6. The molecule has 0 bridgehead atoms. The van der Waals surface area contributed by atoms with E-state index in [9.17, 15) is 9.59 Å². The van der Waals surface area contributed by atoms with Gasteiger partial charge in [-0.3, -0.25) is 0 Å². The summed E-state index contributed by atoms with van der Waals surface area (Å²) < 4.78 is 16.8. The molecular weight excluding hydrogens is 390 g/mol. The SMILES string of the molecule is COC(=O)C1=C(N)OC2=C(C(=O)OC(C)(C)C2)C1c1cccc(Br)c1. The van der Waals surface area contributed by atoms with Crippen LogP contribution in [-0.2, 0) is 23.8 Å². The Morgan fingerprint density at radius 2 is 2.12 bits per heavy atom. The van der Waals surface area contributed by atoms with Crippen LogP contribution in [-0.4, -0.2) is 24.6 Å². The maximum Gasteiger partial charge on any atom is 0.340 e. The third kappa shape index (κ3) is 3.16. The Balaban J connectivity index is 2.21. The fourth-order valence-electron chi connectivity index (χ4n) is 3.13. The molecule has 1 aromatic carbocycles. The first-order valence-electron chi connectivity index (χ1n) is 7.71. The van der Waals surface area contributed by atoms with E-state index in [-0.39, 0.29) is 17.0 Å². The molecule has 0 aliphatic carbocycles. The predicted molar refractivity (Wildman–Crippen MR) is 93.0 cm³/mol. The molecule has 0 amide bonds. The zero-order valence-electron chi connectivity index (χ0n) is 14.1. The molecule has 2 aliphatic heterocycles. The Bertz CT molecular complexity index is 825. The van der Waals surface area contributed by atoms with E-state index in [1.165, 1.54) is 7.11 Å². The Morgan fingerprint density at radius 3 is 2.76 bits per heavy atom. The summed E-state index contributed by atoms with van der Waals surface area (Å²) in [6.07, 6.45) is 0.369. The van der Waals surface area contributed by atoms with Crippen LogP contribution in [0.25, 0.3) is 0 Å². The normalized spacial score (nSPS) is 22.1. The molecule has 1 unspecified atom stereocenters. The molecule has 2 aliphatic rings. The van der Waals surface area contributed by atoms with Gasteiger partial charge in [-0.2, -0.15) is 0 Å². The summed E-state index contributed by atoms with van der Waals surface area (Å²) in [7, 11) is 1.26. The number of esters is 2. The average molecular weight is 408 g/mol. The van der Waals surface area contributed by atoms with E-state index >= 15 is 0 Å². The number of benzene rings is 1. The van der Waals surface area contributed by atoms with E-state index in [0.29, 0.717) is 17.7 Å². The highest BCUT2D eigenvalue weighted by molar-refractivity contribution is 9.10. The molecule has 7 heteroatoms. The third-order valence-corrected chi connectivity index (χ3v) is 4.63. The van der Waals surface area contributed by atoms with Gasteiger partial charge in [0, 0.05) is 10.9 Å². The zero-order chi connectivity index (χ0) is 18.4. The maximum absolute atomic E-state index is 12.7. The molecule has 0 spiro atoms.